The van der Waals surface area contributed by atoms with Crippen LogP contribution in [-0.4, -0.2) is 39.4 Å². The van der Waals surface area contributed by atoms with Crippen LogP contribution in [0.5, 0.6) is 0 Å². The van der Waals surface area contributed by atoms with Gasteiger partial charge in [0.05, 0.1) is 5.69 Å². The number of benzene rings is 1. The smallest absolute Gasteiger partial charge is 0.273 e. The zero-order chi connectivity index (χ0) is 18.9. The molecule has 7 heteroatoms. The minimum absolute atomic E-state index is 0.00749. The molecule has 2 heterocycles. The lowest BCUT2D eigenvalue weighted by Gasteiger charge is -2.38. The second-order valence-electron chi connectivity index (χ2n) is 7.45. The highest BCUT2D eigenvalue weighted by molar-refractivity contribution is 7.94. The van der Waals surface area contributed by atoms with E-state index in [0.29, 0.717) is 15.5 Å². The van der Waals surface area contributed by atoms with Crippen molar-refractivity contribution in [3.8, 4) is 0 Å². The summed E-state index contributed by atoms with van der Waals surface area (Å²) >= 11 is 1.19. The molecule has 0 aliphatic carbocycles. The molecule has 26 heavy (non-hydrogen) atoms. The fourth-order valence-electron chi connectivity index (χ4n) is 3.28. The molecular weight excluding hydrogens is 368 g/mol. The van der Waals surface area contributed by atoms with E-state index in [0.717, 1.165) is 25.9 Å². The van der Waals surface area contributed by atoms with Crippen LogP contribution in [0.1, 0.15) is 37.0 Å². The average Bonchev–Trinajstić information content (AvgIpc) is 3.15. The normalized spacial score (nSPS) is 17.1. The quantitative estimate of drug-likeness (QED) is 0.794. The topological polar surface area (TPSA) is 57.7 Å². The molecule has 0 radical (unpaired) electrons. The number of sulfonamides is 1. The summed E-state index contributed by atoms with van der Waals surface area (Å²) in [4.78, 5) is 14.6. The number of hydrogen-bond acceptors (Lipinski definition) is 4. The first kappa shape index (κ1) is 18.9. The predicted octanol–water partition coefficient (Wildman–Crippen LogP) is 3.84. The van der Waals surface area contributed by atoms with Crippen LogP contribution in [-0.2, 0) is 10.0 Å². The van der Waals surface area contributed by atoms with E-state index in [1.807, 2.05) is 4.90 Å². The van der Waals surface area contributed by atoms with Crippen molar-refractivity contribution < 1.29 is 13.2 Å². The Labute approximate surface area is 159 Å². The number of likely N-dealkylation sites (tertiary alicyclic amines) is 1. The molecule has 140 valence electrons. The molecule has 1 saturated heterocycles. The number of carbonyl (C=O) groups excluding carboxylic acids is 1. The summed E-state index contributed by atoms with van der Waals surface area (Å²) in [6.07, 6.45) is 2.14. The number of nitrogens with zero attached hydrogens (tertiary/aromatic N) is 2. The van der Waals surface area contributed by atoms with E-state index in [-0.39, 0.29) is 11.3 Å². The van der Waals surface area contributed by atoms with Crippen molar-refractivity contribution in [3.05, 3.63) is 47.3 Å². The van der Waals surface area contributed by atoms with E-state index in [1.165, 1.54) is 22.7 Å². The molecule has 0 bridgehead atoms. The van der Waals surface area contributed by atoms with E-state index in [9.17, 15) is 13.2 Å². The molecule has 0 unspecified atom stereocenters. The summed E-state index contributed by atoms with van der Waals surface area (Å²) < 4.78 is 26.7. The molecule has 0 saturated carbocycles. The molecule has 1 amide bonds. The Bertz CT molecular complexity index is 872. The zero-order valence-electron chi connectivity index (χ0n) is 15.3. The summed E-state index contributed by atoms with van der Waals surface area (Å²) in [6.45, 7) is 5.89. The number of piperidine rings is 1. The second kappa shape index (κ2) is 7.04. The average molecular weight is 393 g/mol. The van der Waals surface area contributed by atoms with Crippen molar-refractivity contribution in [2.75, 3.05) is 24.4 Å². The van der Waals surface area contributed by atoms with Crippen LogP contribution in [0.2, 0.25) is 0 Å². The number of anilines is 1. The largest absolute Gasteiger partial charge is 0.338 e. The maximum Gasteiger partial charge on any atom is 0.273 e. The Hall–Kier alpha value is -1.86. The minimum atomic E-state index is -3.56. The molecule has 1 fully saturated rings. The van der Waals surface area contributed by atoms with Crippen LogP contribution in [0.4, 0.5) is 5.69 Å². The minimum Gasteiger partial charge on any atom is -0.338 e. The Morgan fingerprint density at radius 1 is 1.19 bits per heavy atom. The molecule has 2 aromatic rings. The van der Waals surface area contributed by atoms with E-state index in [4.69, 9.17) is 0 Å². The standard InChI is InChI=1S/C19H24N2O3S2/c1-19(2)11-5-12-21(14-19)18(22)15-7-9-16(10-8-15)20(3)26(23,24)17-6-4-13-25-17/h4,6-10,13H,5,11-12,14H2,1-3H3. The highest BCUT2D eigenvalue weighted by atomic mass is 32.2. The van der Waals surface area contributed by atoms with Gasteiger partial charge in [0.2, 0.25) is 0 Å². The molecular formula is C19H24N2O3S2. The number of thiophene rings is 1. The predicted molar refractivity (Wildman–Crippen MR) is 105 cm³/mol. The van der Waals surface area contributed by atoms with Crippen molar-refractivity contribution in [3.63, 3.8) is 0 Å². The highest BCUT2D eigenvalue weighted by Gasteiger charge is 2.29. The third-order valence-electron chi connectivity index (χ3n) is 4.78. The Kier molecular flexibility index (Phi) is 5.12. The van der Waals surface area contributed by atoms with Gasteiger partial charge in [0.1, 0.15) is 4.21 Å². The fourth-order valence-corrected chi connectivity index (χ4v) is 5.63. The van der Waals surface area contributed by atoms with Gasteiger partial charge in [-0.3, -0.25) is 9.10 Å². The number of hydrogen-bond donors (Lipinski definition) is 0. The number of carbonyl (C=O) groups is 1. The third kappa shape index (κ3) is 3.78. The molecule has 1 aromatic heterocycles. The van der Waals surface area contributed by atoms with Crippen molar-refractivity contribution in [1.29, 1.82) is 0 Å². The Balaban J connectivity index is 1.77. The van der Waals surface area contributed by atoms with Crippen molar-refractivity contribution in [1.82, 2.24) is 4.90 Å². The van der Waals surface area contributed by atoms with Crippen LogP contribution in [0.15, 0.2) is 46.0 Å². The molecule has 5 nitrogen and oxygen atoms in total. The van der Waals surface area contributed by atoms with Crippen molar-refractivity contribution in [2.24, 2.45) is 5.41 Å². The SMILES string of the molecule is CN(c1ccc(C(=O)N2CCCC(C)(C)C2)cc1)S(=O)(=O)c1cccs1. The number of amides is 1. The lowest BCUT2D eigenvalue weighted by molar-refractivity contribution is 0.0583. The first-order chi connectivity index (χ1) is 12.2. The van der Waals surface area contributed by atoms with Crippen molar-refractivity contribution >= 4 is 33.0 Å². The van der Waals surface area contributed by atoms with Gasteiger partial charge in [-0.15, -0.1) is 11.3 Å². The van der Waals surface area contributed by atoms with Gasteiger partial charge in [-0.05, 0) is 54.0 Å². The summed E-state index contributed by atoms with van der Waals surface area (Å²) in [6, 6.07) is 10.1. The molecule has 0 atom stereocenters. The van der Waals surface area contributed by atoms with Gasteiger partial charge in [0.15, 0.2) is 0 Å². The van der Waals surface area contributed by atoms with Crippen LogP contribution in [0.25, 0.3) is 0 Å². The van der Waals surface area contributed by atoms with Gasteiger partial charge in [0.25, 0.3) is 15.9 Å². The van der Waals surface area contributed by atoms with Gasteiger partial charge in [-0.1, -0.05) is 19.9 Å². The molecule has 1 aliphatic heterocycles. The number of rotatable bonds is 4. The lowest BCUT2D eigenvalue weighted by atomic mass is 9.84. The summed E-state index contributed by atoms with van der Waals surface area (Å²) in [5.74, 6) is 0.00749. The second-order valence-corrected chi connectivity index (χ2v) is 10.6. The van der Waals surface area contributed by atoms with E-state index in [1.54, 1.807) is 41.8 Å². The Morgan fingerprint density at radius 2 is 1.88 bits per heavy atom. The molecule has 0 N–H and O–H groups in total. The van der Waals surface area contributed by atoms with E-state index < -0.39 is 10.0 Å². The molecule has 1 aliphatic rings. The monoisotopic (exact) mass is 392 g/mol. The lowest BCUT2D eigenvalue weighted by Crippen LogP contribution is -2.43. The van der Waals surface area contributed by atoms with Gasteiger partial charge < -0.3 is 4.90 Å². The zero-order valence-corrected chi connectivity index (χ0v) is 16.9. The van der Waals surface area contributed by atoms with Crippen LogP contribution in [0.3, 0.4) is 0 Å². The molecule has 3 rings (SSSR count). The van der Waals surface area contributed by atoms with Gasteiger partial charge in [0, 0.05) is 25.7 Å². The van der Waals surface area contributed by atoms with Gasteiger partial charge in [-0.25, -0.2) is 8.42 Å². The maximum atomic E-state index is 12.7. The van der Waals surface area contributed by atoms with Gasteiger partial charge in [-0.2, -0.15) is 0 Å². The summed E-state index contributed by atoms with van der Waals surface area (Å²) in [5.41, 5.74) is 1.27. The van der Waals surface area contributed by atoms with Crippen LogP contribution >= 0.6 is 11.3 Å². The fraction of sp³-hybridized carbons (Fsp3) is 0.421. The first-order valence-corrected chi connectivity index (χ1v) is 10.9. The maximum absolute atomic E-state index is 12.7. The van der Waals surface area contributed by atoms with Crippen LogP contribution < -0.4 is 4.31 Å². The van der Waals surface area contributed by atoms with Crippen LogP contribution in [0, 0.1) is 5.41 Å². The highest BCUT2D eigenvalue weighted by Crippen LogP contribution is 2.30. The van der Waals surface area contributed by atoms with E-state index >= 15 is 0 Å². The summed E-state index contributed by atoms with van der Waals surface area (Å²) in [5, 5.41) is 1.74. The van der Waals surface area contributed by atoms with Crippen molar-refractivity contribution in [2.45, 2.75) is 30.9 Å². The Morgan fingerprint density at radius 3 is 2.46 bits per heavy atom. The third-order valence-corrected chi connectivity index (χ3v) is 7.93. The molecule has 0 spiro atoms. The first-order valence-electron chi connectivity index (χ1n) is 8.62. The molecule has 1 aromatic carbocycles. The van der Waals surface area contributed by atoms with Gasteiger partial charge >= 0.3 is 0 Å². The summed E-state index contributed by atoms with van der Waals surface area (Å²) in [7, 11) is -2.03. The van der Waals surface area contributed by atoms with E-state index in [2.05, 4.69) is 13.8 Å².